The van der Waals surface area contributed by atoms with Crippen molar-refractivity contribution in [3.05, 3.63) is 61.9 Å². The molecule has 0 spiro atoms. The van der Waals surface area contributed by atoms with Crippen LogP contribution in [0.25, 0.3) is 10.9 Å². The number of hydrogen-bond donors (Lipinski definition) is 3. The van der Waals surface area contributed by atoms with Gasteiger partial charge in [0.25, 0.3) is 5.56 Å². The van der Waals surface area contributed by atoms with E-state index in [4.69, 9.17) is 0 Å². The quantitative estimate of drug-likeness (QED) is 0.632. The molecule has 1 atom stereocenters. The maximum absolute atomic E-state index is 12.8. The summed E-state index contributed by atoms with van der Waals surface area (Å²) in [4.78, 5) is 33.1. The molecule has 28 heavy (non-hydrogen) atoms. The van der Waals surface area contributed by atoms with Crippen LogP contribution in [0, 0.1) is 0 Å². The fraction of sp³-hybridized carbons (Fsp3) is 0.429. The third-order valence-corrected chi connectivity index (χ3v) is 5.76. The van der Waals surface area contributed by atoms with E-state index in [9.17, 15) is 14.7 Å². The highest BCUT2D eigenvalue weighted by atomic mass is 16.3. The molecular formula is C21H26N4O3. The van der Waals surface area contributed by atoms with Gasteiger partial charge in [0, 0.05) is 29.7 Å². The van der Waals surface area contributed by atoms with E-state index < -0.39 is 17.3 Å². The number of likely N-dealkylation sites (N-methyl/N-ethyl adjacent to an activating group) is 1. The first-order chi connectivity index (χ1) is 13.6. The number of nitrogens with zero attached hydrogens (tertiary/aromatic N) is 2. The van der Waals surface area contributed by atoms with Crippen molar-refractivity contribution in [3.8, 4) is 5.88 Å². The summed E-state index contributed by atoms with van der Waals surface area (Å²) in [6.45, 7) is 5.95. The van der Waals surface area contributed by atoms with Crippen molar-refractivity contribution >= 4 is 10.9 Å². The third-order valence-electron chi connectivity index (χ3n) is 5.76. The van der Waals surface area contributed by atoms with Gasteiger partial charge in [0.05, 0.1) is 6.04 Å². The Kier molecular flexibility index (Phi) is 4.85. The zero-order valence-corrected chi connectivity index (χ0v) is 16.3. The maximum atomic E-state index is 12.8. The highest BCUT2D eigenvalue weighted by Gasteiger charge is 2.35. The molecule has 0 bridgehead atoms. The lowest BCUT2D eigenvalue weighted by Crippen LogP contribution is -2.41. The molecule has 1 aliphatic rings. The van der Waals surface area contributed by atoms with Crippen molar-refractivity contribution in [1.29, 1.82) is 0 Å². The summed E-state index contributed by atoms with van der Waals surface area (Å²) in [6, 6.07) is 7.67. The van der Waals surface area contributed by atoms with Gasteiger partial charge >= 0.3 is 5.69 Å². The standard InChI is InChI=1S/C21H26N4O3/c1-3-5-11-25-20(27)16(19(26)23-21(25)28)18-17-14(10-12-24(18)4-2)13-8-6-7-9-15(13)22-17/h6-9,18,22,27H,3-5,10-12H2,1-2H3,(H,23,26,28). The van der Waals surface area contributed by atoms with Gasteiger partial charge in [-0.1, -0.05) is 38.5 Å². The van der Waals surface area contributed by atoms with E-state index in [1.165, 1.54) is 10.1 Å². The van der Waals surface area contributed by atoms with Crippen LogP contribution in [-0.4, -0.2) is 37.6 Å². The smallest absolute Gasteiger partial charge is 0.331 e. The first kappa shape index (κ1) is 18.6. The van der Waals surface area contributed by atoms with Crippen molar-refractivity contribution in [2.45, 2.75) is 45.7 Å². The van der Waals surface area contributed by atoms with Crippen molar-refractivity contribution in [2.24, 2.45) is 0 Å². The van der Waals surface area contributed by atoms with Gasteiger partial charge in [-0.15, -0.1) is 0 Å². The van der Waals surface area contributed by atoms with Gasteiger partial charge in [0.2, 0.25) is 5.88 Å². The number of nitrogens with one attached hydrogen (secondary N) is 2. The summed E-state index contributed by atoms with van der Waals surface area (Å²) >= 11 is 0. The number of aromatic amines is 2. The molecule has 0 saturated heterocycles. The van der Waals surface area contributed by atoms with Gasteiger partial charge in [-0.25, -0.2) is 4.79 Å². The molecule has 1 aliphatic heterocycles. The van der Waals surface area contributed by atoms with Crippen LogP contribution in [0.15, 0.2) is 33.9 Å². The molecular weight excluding hydrogens is 356 g/mol. The van der Waals surface area contributed by atoms with Gasteiger partial charge in [0.1, 0.15) is 5.56 Å². The molecule has 3 aromatic rings. The minimum atomic E-state index is -0.560. The Labute approximate surface area is 162 Å². The fourth-order valence-corrected chi connectivity index (χ4v) is 4.30. The Bertz CT molecular complexity index is 1120. The molecule has 7 nitrogen and oxygen atoms in total. The lowest BCUT2D eigenvalue weighted by atomic mass is 9.93. The minimum absolute atomic E-state index is 0.225. The number of unbranched alkanes of at least 4 members (excludes halogenated alkanes) is 1. The van der Waals surface area contributed by atoms with Crippen LogP contribution in [-0.2, 0) is 13.0 Å². The largest absolute Gasteiger partial charge is 0.494 e. The highest BCUT2D eigenvalue weighted by Crippen LogP contribution is 2.39. The van der Waals surface area contributed by atoms with E-state index in [0.717, 1.165) is 48.9 Å². The molecule has 0 aliphatic carbocycles. The second-order valence-corrected chi connectivity index (χ2v) is 7.35. The van der Waals surface area contributed by atoms with Crippen molar-refractivity contribution in [2.75, 3.05) is 13.1 Å². The summed E-state index contributed by atoms with van der Waals surface area (Å²) in [5, 5.41) is 12.1. The normalized spacial score (nSPS) is 17.1. The second-order valence-electron chi connectivity index (χ2n) is 7.35. The molecule has 0 amide bonds. The van der Waals surface area contributed by atoms with Crippen LogP contribution in [0.1, 0.15) is 49.6 Å². The molecule has 0 fully saturated rings. The Balaban J connectivity index is 1.95. The molecule has 3 heterocycles. The Morgan fingerprint density at radius 3 is 2.71 bits per heavy atom. The van der Waals surface area contributed by atoms with E-state index in [-0.39, 0.29) is 11.4 Å². The van der Waals surface area contributed by atoms with Crippen LogP contribution in [0.5, 0.6) is 5.88 Å². The van der Waals surface area contributed by atoms with E-state index in [1.807, 2.05) is 32.0 Å². The number of H-pyrrole nitrogens is 2. The lowest BCUT2D eigenvalue weighted by molar-refractivity contribution is 0.214. The van der Waals surface area contributed by atoms with E-state index in [0.29, 0.717) is 6.54 Å². The van der Waals surface area contributed by atoms with Crippen LogP contribution in [0.4, 0.5) is 0 Å². The summed E-state index contributed by atoms with van der Waals surface area (Å²) in [5.41, 5.74) is 2.28. The average Bonchev–Trinajstić information content (AvgIpc) is 3.06. The fourth-order valence-electron chi connectivity index (χ4n) is 4.30. The second kappa shape index (κ2) is 7.31. The number of aromatic nitrogens is 3. The van der Waals surface area contributed by atoms with E-state index >= 15 is 0 Å². The number of aromatic hydroxyl groups is 1. The third kappa shape index (κ3) is 2.86. The monoisotopic (exact) mass is 382 g/mol. The predicted molar refractivity (Wildman–Crippen MR) is 109 cm³/mol. The van der Waals surface area contributed by atoms with E-state index in [2.05, 4.69) is 20.9 Å². The topological polar surface area (TPSA) is 94.1 Å². The molecule has 7 heteroatoms. The zero-order valence-electron chi connectivity index (χ0n) is 16.3. The minimum Gasteiger partial charge on any atom is -0.494 e. The van der Waals surface area contributed by atoms with E-state index in [1.54, 1.807) is 0 Å². The summed E-state index contributed by atoms with van der Waals surface area (Å²) < 4.78 is 1.28. The highest BCUT2D eigenvalue weighted by molar-refractivity contribution is 5.85. The molecule has 148 valence electrons. The van der Waals surface area contributed by atoms with Gasteiger partial charge in [-0.05, 0) is 31.0 Å². The molecule has 0 saturated carbocycles. The first-order valence-corrected chi connectivity index (χ1v) is 9.96. The van der Waals surface area contributed by atoms with Crippen LogP contribution >= 0.6 is 0 Å². The lowest BCUT2D eigenvalue weighted by Gasteiger charge is -2.35. The number of para-hydroxylation sites is 1. The van der Waals surface area contributed by atoms with Crippen LogP contribution < -0.4 is 11.2 Å². The Hall–Kier alpha value is -2.80. The zero-order chi connectivity index (χ0) is 19.8. The summed E-state index contributed by atoms with van der Waals surface area (Å²) in [5.74, 6) is -0.225. The number of benzene rings is 1. The molecule has 3 N–H and O–H groups in total. The van der Waals surface area contributed by atoms with Gasteiger partial charge in [0.15, 0.2) is 0 Å². The number of rotatable bonds is 5. The Morgan fingerprint density at radius 2 is 1.96 bits per heavy atom. The van der Waals surface area contributed by atoms with Crippen molar-refractivity contribution < 1.29 is 5.11 Å². The van der Waals surface area contributed by atoms with Gasteiger partial charge < -0.3 is 10.1 Å². The van der Waals surface area contributed by atoms with Crippen LogP contribution in [0.3, 0.4) is 0 Å². The summed E-state index contributed by atoms with van der Waals surface area (Å²) in [6.07, 6.45) is 2.51. The number of hydrogen-bond acceptors (Lipinski definition) is 4. The van der Waals surface area contributed by atoms with Crippen molar-refractivity contribution in [1.82, 2.24) is 19.4 Å². The maximum Gasteiger partial charge on any atom is 0.331 e. The van der Waals surface area contributed by atoms with Gasteiger partial charge in [-0.3, -0.25) is 19.2 Å². The molecule has 4 rings (SSSR count). The van der Waals surface area contributed by atoms with Gasteiger partial charge in [-0.2, -0.15) is 0 Å². The molecule has 1 aromatic carbocycles. The van der Waals surface area contributed by atoms with Crippen molar-refractivity contribution in [3.63, 3.8) is 0 Å². The first-order valence-electron chi connectivity index (χ1n) is 9.96. The summed E-state index contributed by atoms with van der Waals surface area (Å²) in [7, 11) is 0. The molecule has 1 unspecified atom stereocenters. The molecule has 0 radical (unpaired) electrons. The average molecular weight is 382 g/mol. The molecule has 2 aromatic heterocycles. The predicted octanol–water partition coefficient (Wildman–Crippen LogP) is 2.49. The SMILES string of the molecule is CCCCn1c(O)c(C2c3[nH]c4ccccc4c3CCN2CC)c(=O)[nH]c1=O. The number of fused-ring (bicyclic) bond motifs is 3. The van der Waals surface area contributed by atoms with Crippen LogP contribution in [0.2, 0.25) is 0 Å². The Morgan fingerprint density at radius 1 is 1.18 bits per heavy atom.